The first-order valence-electron chi connectivity index (χ1n) is 5.60. The molecule has 0 aliphatic heterocycles. The number of benzene rings is 1. The third-order valence-electron chi connectivity index (χ3n) is 2.77. The van der Waals surface area contributed by atoms with Gasteiger partial charge in [0, 0.05) is 28.6 Å². The molecule has 17 heavy (non-hydrogen) atoms. The van der Waals surface area contributed by atoms with Gasteiger partial charge in [0.05, 0.1) is 5.52 Å². The maximum atomic E-state index is 4.45. The first-order chi connectivity index (χ1) is 8.22. The second-order valence-electron chi connectivity index (χ2n) is 4.01. The fourth-order valence-corrected chi connectivity index (χ4v) is 2.15. The molecule has 0 aliphatic rings. The van der Waals surface area contributed by atoms with E-state index >= 15 is 0 Å². The van der Waals surface area contributed by atoms with Gasteiger partial charge in [-0.1, -0.05) is 34.1 Å². The van der Waals surface area contributed by atoms with E-state index in [1.54, 1.807) is 0 Å². The zero-order valence-corrected chi connectivity index (χ0v) is 11.4. The second-order valence-corrected chi connectivity index (χ2v) is 4.87. The topological polar surface area (TPSA) is 24.9 Å². The average molecular weight is 291 g/mol. The zero-order chi connectivity index (χ0) is 12.3. The lowest BCUT2D eigenvalue weighted by molar-refractivity contribution is 0.636. The SMILES string of the molecule is C=CC(C)NCc1ccc(Br)c2cccnc12. The van der Waals surface area contributed by atoms with Gasteiger partial charge < -0.3 is 5.32 Å². The Morgan fingerprint density at radius 2 is 2.29 bits per heavy atom. The van der Waals surface area contributed by atoms with Crippen LogP contribution >= 0.6 is 15.9 Å². The van der Waals surface area contributed by atoms with E-state index in [-0.39, 0.29) is 0 Å². The van der Waals surface area contributed by atoms with Gasteiger partial charge in [0.15, 0.2) is 0 Å². The van der Waals surface area contributed by atoms with Crippen LogP contribution in [0.25, 0.3) is 10.9 Å². The lowest BCUT2D eigenvalue weighted by Gasteiger charge is -2.11. The number of rotatable bonds is 4. The van der Waals surface area contributed by atoms with Gasteiger partial charge in [-0.25, -0.2) is 0 Å². The average Bonchev–Trinajstić information content (AvgIpc) is 2.38. The highest BCUT2D eigenvalue weighted by molar-refractivity contribution is 9.10. The largest absolute Gasteiger partial charge is 0.307 e. The van der Waals surface area contributed by atoms with Gasteiger partial charge in [-0.3, -0.25) is 4.98 Å². The standard InChI is InChI=1S/C14H15BrN2/c1-3-10(2)17-9-11-6-7-13(15)12-5-4-8-16-14(11)12/h3-8,10,17H,1,9H2,2H3. The molecule has 0 fully saturated rings. The fourth-order valence-electron chi connectivity index (χ4n) is 1.69. The van der Waals surface area contributed by atoms with Crippen LogP contribution in [0, 0.1) is 0 Å². The summed E-state index contributed by atoms with van der Waals surface area (Å²) in [7, 11) is 0. The lowest BCUT2D eigenvalue weighted by Crippen LogP contribution is -2.23. The number of hydrogen-bond acceptors (Lipinski definition) is 2. The molecule has 88 valence electrons. The van der Waals surface area contributed by atoms with Crippen molar-refractivity contribution in [2.24, 2.45) is 0 Å². The number of nitrogens with one attached hydrogen (secondary N) is 1. The molecule has 0 aliphatic carbocycles. The number of halogens is 1. The van der Waals surface area contributed by atoms with Crippen molar-refractivity contribution in [1.82, 2.24) is 10.3 Å². The molecule has 1 aromatic carbocycles. The zero-order valence-electron chi connectivity index (χ0n) is 9.78. The minimum absolute atomic E-state index is 0.303. The van der Waals surface area contributed by atoms with E-state index in [0.29, 0.717) is 6.04 Å². The van der Waals surface area contributed by atoms with Crippen LogP contribution in [0.1, 0.15) is 12.5 Å². The molecule has 1 aromatic heterocycles. The van der Waals surface area contributed by atoms with Crippen LogP contribution in [0.3, 0.4) is 0 Å². The molecule has 0 amide bonds. The first-order valence-corrected chi connectivity index (χ1v) is 6.39. The highest BCUT2D eigenvalue weighted by Crippen LogP contribution is 2.25. The van der Waals surface area contributed by atoms with Crippen molar-refractivity contribution < 1.29 is 0 Å². The Labute approximate surface area is 110 Å². The highest BCUT2D eigenvalue weighted by atomic mass is 79.9. The van der Waals surface area contributed by atoms with Crippen LogP contribution in [0.4, 0.5) is 0 Å². The molecule has 3 heteroatoms. The van der Waals surface area contributed by atoms with Gasteiger partial charge in [0.1, 0.15) is 0 Å². The Kier molecular flexibility index (Phi) is 3.92. The summed E-state index contributed by atoms with van der Waals surface area (Å²) in [6.07, 6.45) is 3.73. The van der Waals surface area contributed by atoms with Gasteiger partial charge in [-0.15, -0.1) is 6.58 Å². The summed E-state index contributed by atoms with van der Waals surface area (Å²) in [5.74, 6) is 0. The molecule has 0 saturated carbocycles. The normalized spacial score (nSPS) is 12.6. The molecule has 0 spiro atoms. The molecule has 1 atom stereocenters. The predicted octanol–water partition coefficient (Wildman–Crippen LogP) is 3.66. The first kappa shape index (κ1) is 12.3. The van der Waals surface area contributed by atoms with E-state index < -0.39 is 0 Å². The molecule has 2 rings (SSSR count). The smallest absolute Gasteiger partial charge is 0.0758 e. The van der Waals surface area contributed by atoms with Crippen molar-refractivity contribution in [1.29, 1.82) is 0 Å². The van der Waals surface area contributed by atoms with E-state index in [1.165, 1.54) is 5.56 Å². The van der Waals surface area contributed by atoms with Gasteiger partial charge in [0.25, 0.3) is 0 Å². The molecular weight excluding hydrogens is 276 g/mol. The van der Waals surface area contributed by atoms with E-state index in [2.05, 4.69) is 57.9 Å². The van der Waals surface area contributed by atoms with E-state index in [1.807, 2.05) is 18.3 Å². The third kappa shape index (κ3) is 2.73. The third-order valence-corrected chi connectivity index (χ3v) is 3.46. The van der Waals surface area contributed by atoms with Crippen molar-refractivity contribution in [2.75, 3.05) is 0 Å². The van der Waals surface area contributed by atoms with Crippen molar-refractivity contribution in [2.45, 2.75) is 19.5 Å². The summed E-state index contributed by atoms with van der Waals surface area (Å²) in [6, 6.07) is 8.50. The summed E-state index contributed by atoms with van der Waals surface area (Å²) >= 11 is 3.55. The van der Waals surface area contributed by atoms with Gasteiger partial charge in [-0.2, -0.15) is 0 Å². The van der Waals surface area contributed by atoms with Crippen LogP contribution in [-0.4, -0.2) is 11.0 Å². The number of fused-ring (bicyclic) bond motifs is 1. The van der Waals surface area contributed by atoms with Crippen LogP contribution in [0.2, 0.25) is 0 Å². The van der Waals surface area contributed by atoms with Crippen molar-refractivity contribution in [3.63, 3.8) is 0 Å². The van der Waals surface area contributed by atoms with E-state index in [0.717, 1.165) is 21.9 Å². The lowest BCUT2D eigenvalue weighted by atomic mass is 10.1. The maximum Gasteiger partial charge on any atom is 0.0758 e. The Morgan fingerprint density at radius 3 is 3.06 bits per heavy atom. The molecule has 1 unspecified atom stereocenters. The van der Waals surface area contributed by atoms with Crippen molar-refractivity contribution in [3.8, 4) is 0 Å². The summed E-state index contributed by atoms with van der Waals surface area (Å²) < 4.78 is 1.08. The van der Waals surface area contributed by atoms with Gasteiger partial charge in [0.2, 0.25) is 0 Å². The Balaban J connectivity index is 2.35. The molecule has 0 bridgehead atoms. The summed E-state index contributed by atoms with van der Waals surface area (Å²) in [5, 5.41) is 4.54. The number of hydrogen-bond donors (Lipinski definition) is 1. The van der Waals surface area contributed by atoms with Crippen molar-refractivity contribution >= 4 is 26.8 Å². The van der Waals surface area contributed by atoms with Crippen LogP contribution in [-0.2, 0) is 6.54 Å². The molecule has 0 saturated heterocycles. The van der Waals surface area contributed by atoms with Crippen molar-refractivity contribution in [3.05, 3.63) is 53.2 Å². The summed E-state index contributed by atoms with van der Waals surface area (Å²) in [5.41, 5.74) is 2.25. The quantitative estimate of drug-likeness (QED) is 0.870. The minimum atomic E-state index is 0.303. The number of nitrogens with zero attached hydrogens (tertiary/aromatic N) is 1. The van der Waals surface area contributed by atoms with Gasteiger partial charge >= 0.3 is 0 Å². The monoisotopic (exact) mass is 290 g/mol. The second kappa shape index (κ2) is 5.43. The number of aromatic nitrogens is 1. The summed E-state index contributed by atoms with van der Waals surface area (Å²) in [6.45, 7) is 6.65. The molecule has 0 radical (unpaired) electrons. The molecule has 2 nitrogen and oxygen atoms in total. The fraction of sp³-hybridized carbons (Fsp3) is 0.214. The Hall–Kier alpha value is -1.19. The van der Waals surface area contributed by atoms with Crippen LogP contribution in [0.15, 0.2) is 47.6 Å². The Bertz CT molecular complexity index is 537. The van der Waals surface area contributed by atoms with E-state index in [9.17, 15) is 0 Å². The van der Waals surface area contributed by atoms with Crippen LogP contribution in [0.5, 0.6) is 0 Å². The molecule has 1 heterocycles. The minimum Gasteiger partial charge on any atom is -0.307 e. The summed E-state index contributed by atoms with van der Waals surface area (Å²) in [4.78, 5) is 4.45. The van der Waals surface area contributed by atoms with Gasteiger partial charge in [-0.05, 0) is 24.6 Å². The van der Waals surface area contributed by atoms with Crippen LogP contribution < -0.4 is 5.32 Å². The highest BCUT2D eigenvalue weighted by Gasteiger charge is 2.05. The molecule has 1 N–H and O–H groups in total. The Morgan fingerprint density at radius 1 is 1.47 bits per heavy atom. The molecule has 2 aromatic rings. The predicted molar refractivity (Wildman–Crippen MR) is 75.9 cm³/mol. The molecular formula is C14H15BrN2. The number of pyridine rings is 1. The maximum absolute atomic E-state index is 4.45. The van der Waals surface area contributed by atoms with E-state index in [4.69, 9.17) is 0 Å².